The fourth-order valence-corrected chi connectivity index (χ4v) is 2.97. The molecule has 3 rings (SSSR count). The van der Waals surface area contributed by atoms with Crippen molar-refractivity contribution in [2.24, 2.45) is 0 Å². The molecular formula is C18H26FN5. The summed E-state index contributed by atoms with van der Waals surface area (Å²) in [5.41, 5.74) is 2.61. The summed E-state index contributed by atoms with van der Waals surface area (Å²) in [6.07, 6.45) is 4.85. The molecule has 0 atom stereocenters. The minimum atomic E-state index is -0.138. The lowest BCUT2D eigenvalue weighted by atomic mass is 10.1. The molecule has 1 aromatic carbocycles. The Labute approximate surface area is 143 Å². The van der Waals surface area contributed by atoms with Gasteiger partial charge in [0.2, 0.25) is 0 Å². The molecule has 0 radical (unpaired) electrons. The highest BCUT2D eigenvalue weighted by Gasteiger charge is 2.17. The van der Waals surface area contributed by atoms with Gasteiger partial charge in [-0.3, -0.25) is 4.68 Å². The molecule has 130 valence electrons. The monoisotopic (exact) mass is 331 g/mol. The quantitative estimate of drug-likeness (QED) is 0.883. The number of nitrogens with one attached hydrogen (secondary N) is 1. The van der Waals surface area contributed by atoms with Crippen LogP contribution in [0.15, 0.2) is 30.6 Å². The van der Waals surface area contributed by atoms with Gasteiger partial charge in [0, 0.05) is 45.5 Å². The molecule has 1 aliphatic rings. The summed E-state index contributed by atoms with van der Waals surface area (Å²) in [4.78, 5) is 4.40. The average molecular weight is 331 g/mol. The van der Waals surface area contributed by atoms with Gasteiger partial charge >= 0.3 is 0 Å². The summed E-state index contributed by atoms with van der Waals surface area (Å²) >= 11 is 0. The van der Waals surface area contributed by atoms with Gasteiger partial charge in [-0.15, -0.1) is 0 Å². The molecule has 1 saturated heterocycles. The molecule has 0 saturated carbocycles. The van der Waals surface area contributed by atoms with Gasteiger partial charge in [-0.05, 0) is 31.2 Å². The zero-order chi connectivity index (χ0) is 16.9. The van der Waals surface area contributed by atoms with Crippen molar-refractivity contribution in [3.8, 4) is 0 Å². The van der Waals surface area contributed by atoms with Crippen LogP contribution in [0, 0.1) is 5.82 Å². The number of rotatable bonds is 6. The van der Waals surface area contributed by atoms with E-state index in [9.17, 15) is 4.39 Å². The smallest absolute Gasteiger partial charge is 0.146 e. The van der Waals surface area contributed by atoms with Crippen molar-refractivity contribution >= 4 is 11.4 Å². The van der Waals surface area contributed by atoms with E-state index in [-0.39, 0.29) is 5.82 Å². The summed E-state index contributed by atoms with van der Waals surface area (Å²) in [7, 11) is 2.10. The highest BCUT2D eigenvalue weighted by molar-refractivity contribution is 5.50. The van der Waals surface area contributed by atoms with E-state index in [1.807, 2.05) is 29.2 Å². The lowest BCUT2D eigenvalue weighted by Crippen LogP contribution is -2.44. The van der Waals surface area contributed by atoms with Crippen molar-refractivity contribution in [3.05, 3.63) is 42.0 Å². The molecule has 5 nitrogen and oxygen atoms in total. The van der Waals surface area contributed by atoms with Gasteiger partial charge in [0.1, 0.15) is 5.82 Å². The Hall–Kier alpha value is -2.08. The number of hydrogen-bond acceptors (Lipinski definition) is 4. The van der Waals surface area contributed by atoms with E-state index in [2.05, 4.69) is 34.2 Å². The predicted octanol–water partition coefficient (Wildman–Crippen LogP) is 2.80. The predicted molar refractivity (Wildman–Crippen MR) is 96.0 cm³/mol. The standard InChI is InChI=1S/C18H26FN5/c1-3-6-24-14-16(13-21-24)20-12-15-4-5-18(17(19)11-15)23-9-7-22(2)8-10-23/h4-5,11,13-14,20H,3,6-10,12H2,1-2H3. The summed E-state index contributed by atoms with van der Waals surface area (Å²) in [6, 6.07) is 5.54. The maximum absolute atomic E-state index is 14.5. The Morgan fingerprint density at radius 2 is 2.00 bits per heavy atom. The number of nitrogens with zero attached hydrogens (tertiary/aromatic N) is 4. The lowest BCUT2D eigenvalue weighted by molar-refractivity contribution is 0.311. The molecule has 1 N–H and O–H groups in total. The summed E-state index contributed by atoms with van der Waals surface area (Å²) in [5.74, 6) is -0.138. The third-order valence-corrected chi connectivity index (χ3v) is 4.44. The first-order valence-electron chi connectivity index (χ1n) is 8.64. The van der Waals surface area contributed by atoms with Crippen LogP contribution in [0.2, 0.25) is 0 Å². The molecule has 0 unspecified atom stereocenters. The van der Waals surface area contributed by atoms with Gasteiger partial charge in [0.15, 0.2) is 0 Å². The van der Waals surface area contributed by atoms with Crippen LogP contribution >= 0.6 is 0 Å². The fourth-order valence-electron chi connectivity index (χ4n) is 2.97. The van der Waals surface area contributed by atoms with E-state index in [4.69, 9.17) is 0 Å². The number of benzene rings is 1. The highest BCUT2D eigenvalue weighted by Crippen LogP contribution is 2.22. The van der Waals surface area contributed by atoms with E-state index in [1.54, 1.807) is 6.07 Å². The number of likely N-dealkylation sites (N-methyl/N-ethyl adjacent to an activating group) is 1. The van der Waals surface area contributed by atoms with E-state index < -0.39 is 0 Å². The summed E-state index contributed by atoms with van der Waals surface area (Å²) < 4.78 is 16.4. The number of anilines is 2. The maximum atomic E-state index is 14.5. The van der Waals surface area contributed by atoms with Crippen molar-refractivity contribution in [2.45, 2.75) is 26.4 Å². The summed E-state index contributed by atoms with van der Waals surface area (Å²) in [6.45, 7) is 7.34. The molecular weight excluding hydrogens is 305 g/mol. The Balaban J connectivity index is 1.59. The molecule has 2 aromatic rings. The number of aromatic nitrogens is 2. The van der Waals surface area contributed by atoms with Crippen molar-refractivity contribution in [3.63, 3.8) is 0 Å². The van der Waals surface area contributed by atoms with E-state index in [1.165, 1.54) is 0 Å². The third-order valence-electron chi connectivity index (χ3n) is 4.44. The molecule has 6 heteroatoms. The van der Waals surface area contributed by atoms with Crippen LogP contribution in [-0.4, -0.2) is 47.9 Å². The molecule has 0 amide bonds. The number of halogens is 1. The highest BCUT2D eigenvalue weighted by atomic mass is 19.1. The van der Waals surface area contributed by atoms with Gasteiger partial charge in [0.25, 0.3) is 0 Å². The van der Waals surface area contributed by atoms with Crippen LogP contribution in [-0.2, 0) is 13.1 Å². The van der Waals surface area contributed by atoms with Crippen molar-refractivity contribution in [1.29, 1.82) is 0 Å². The summed E-state index contributed by atoms with van der Waals surface area (Å²) in [5, 5.41) is 7.59. The van der Waals surface area contributed by atoms with Gasteiger partial charge in [-0.2, -0.15) is 5.10 Å². The number of hydrogen-bond donors (Lipinski definition) is 1. The van der Waals surface area contributed by atoms with Gasteiger partial charge in [0.05, 0.1) is 17.6 Å². The topological polar surface area (TPSA) is 36.3 Å². The third kappa shape index (κ3) is 4.06. The van der Waals surface area contributed by atoms with Crippen molar-refractivity contribution in [2.75, 3.05) is 43.4 Å². The Morgan fingerprint density at radius 3 is 2.71 bits per heavy atom. The molecule has 24 heavy (non-hydrogen) atoms. The van der Waals surface area contributed by atoms with Crippen LogP contribution in [0.5, 0.6) is 0 Å². The second-order valence-corrected chi connectivity index (χ2v) is 6.42. The van der Waals surface area contributed by atoms with Gasteiger partial charge in [-0.25, -0.2) is 4.39 Å². The minimum absolute atomic E-state index is 0.138. The molecule has 1 aliphatic heterocycles. The Kier molecular flexibility index (Phi) is 5.35. The van der Waals surface area contributed by atoms with Crippen LogP contribution in [0.3, 0.4) is 0 Å². The molecule has 0 spiro atoms. The van der Waals surface area contributed by atoms with Gasteiger partial charge in [-0.1, -0.05) is 13.0 Å². The van der Waals surface area contributed by atoms with Crippen LogP contribution in [0.1, 0.15) is 18.9 Å². The second-order valence-electron chi connectivity index (χ2n) is 6.42. The second kappa shape index (κ2) is 7.66. The largest absolute Gasteiger partial charge is 0.378 e. The molecule has 1 aromatic heterocycles. The molecule has 1 fully saturated rings. The fraction of sp³-hybridized carbons (Fsp3) is 0.500. The average Bonchev–Trinajstić information content (AvgIpc) is 3.02. The molecule has 2 heterocycles. The zero-order valence-electron chi connectivity index (χ0n) is 14.5. The molecule has 0 aliphatic carbocycles. The zero-order valence-corrected chi connectivity index (χ0v) is 14.5. The van der Waals surface area contributed by atoms with Crippen LogP contribution in [0.25, 0.3) is 0 Å². The normalized spacial score (nSPS) is 15.7. The first-order chi connectivity index (χ1) is 11.7. The van der Waals surface area contributed by atoms with Gasteiger partial charge < -0.3 is 15.1 Å². The number of piperazine rings is 1. The SMILES string of the molecule is CCCn1cc(NCc2ccc(N3CCN(C)CC3)c(F)c2)cn1. The molecule has 0 bridgehead atoms. The van der Waals surface area contributed by atoms with Crippen molar-refractivity contribution in [1.82, 2.24) is 14.7 Å². The minimum Gasteiger partial charge on any atom is -0.378 e. The van der Waals surface area contributed by atoms with E-state index >= 15 is 0 Å². The Morgan fingerprint density at radius 1 is 1.21 bits per heavy atom. The van der Waals surface area contributed by atoms with Crippen molar-refractivity contribution < 1.29 is 4.39 Å². The lowest BCUT2D eigenvalue weighted by Gasteiger charge is -2.34. The van der Waals surface area contributed by atoms with E-state index in [0.717, 1.165) is 50.4 Å². The number of aryl methyl sites for hydroxylation is 1. The maximum Gasteiger partial charge on any atom is 0.146 e. The first kappa shape index (κ1) is 16.8. The van der Waals surface area contributed by atoms with E-state index in [0.29, 0.717) is 12.2 Å². The Bertz CT molecular complexity index is 661. The first-order valence-corrected chi connectivity index (χ1v) is 8.64. The van der Waals surface area contributed by atoms with Crippen LogP contribution in [0.4, 0.5) is 15.8 Å². The van der Waals surface area contributed by atoms with Crippen LogP contribution < -0.4 is 10.2 Å².